The summed E-state index contributed by atoms with van der Waals surface area (Å²) in [5, 5.41) is 3.83. The van der Waals surface area contributed by atoms with Crippen molar-refractivity contribution < 1.29 is 9.32 Å². The number of nitrogens with zero attached hydrogens (tertiary/aromatic N) is 3. The Morgan fingerprint density at radius 2 is 2.09 bits per heavy atom. The second kappa shape index (κ2) is 7.08. The van der Waals surface area contributed by atoms with E-state index in [2.05, 4.69) is 26.1 Å². The molecule has 120 valence electrons. The van der Waals surface area contributed by atoms with Crippen LogP contribution in [0.5, 0.6) is 0 Å². The zero-order valence-electron chi connectivity index (χ0n) is 12.9. The fourth-order valence-corrected chi connectivity index (χ4v) is 3.12. The number of benzene rings is 1. The molecule has 5 nitrogen and oxygen atoms in total. The maximum Gasteiger partial charge on any atom is 0.246 e. The van der Waals surface area contributed by atoms with Crippen molar-refractivity contribution in [3.63, 3.8) is 0 Å². The molecule has 0 bridgehead atoms. The highest BCUT2D eigenvalue weighted by Gasteiger charge is 2.26. The lowest BCUT2D eigenvalue weighted by molar-refractivity contribution is -0.127. The summed E-state index contributed by atoms with van der Waals surface area (Å²) in [5.41, 5.74) is 0.997. The summed E-state index contributed by atoms with van der Waals surface area (Å²) < 4.78 is 6.22. The van der Waals surface area contributed by atoms with E-state index >= 15 is 0 Å². The minimum Gasteiger partial charge on any atom is -0.339 e. The first-order valence-electron chi connectivity index (χ1n) is 7.65. The molecule has 0 radical (unpaired) electrons. The lowest BCUT2D eigenvalue weighted by Crippen LogP contribution is -2.36. The summed E-state index contributed by atoms with van der Waals surface area (Å²) in [6.07, 6.45) is 5.20. The third-order valence-electron chi connectivity index (χ3n) is 4.01. The van der Waals surface area contributed by atoms with Gasteiger partial charge < -0.3 is 9.42 Å². The summed E-state index contributed by atoms with van der Waals surface area (Å²) in [7, 11) is 0. The normalized spacial score (nSPS) is 16.2. The molecule has 2 aromatic rings. The zero-order chi connectivity index (χ0) is 16.2. The maximum absolute atomic E-state index is 12.3. The summed E-state index contributed by atoms with van der Waals surface area (Å²) in [5.74, 6) is 1.65. The average Bonchev–Trinajstić information content (AvgIpc) is 3.00. The molecule has 1 saturated heterocycles. The van der Waals surface area contributed by atoms with Gasteiger partial charge >= 0.3 is 0 Å². The molecule has 0 spiro atoms. The van der Waals surface area contributed by atoms with Gasteiger partial charge in [0.2, 0.25) is 11.8 Å². The number of amides is 1. The Bertz CT molecular complexity index is 718. The van der Waals surface area contributed by atoms with E-state index in [1.54, 1.807) is 6.08 Å². The Morgan fingerprint density at radius 1 is 1.35 bits per heavy atom. The number of carbonyl (C=O) groups excluding carboxylic acids is 1. The van der Waals surface area contributed by atoms with Gasteiger partial charge in [0.25, 0.3) is 0 Å². The third-order valence-corrected chi connectivity index (χ3v) is 4.73. The predicted molar refractivity (Wildman–Crippen MR) is 90.8 cm³/mol. The number of halogens is 1. The number of aromatic nitrogens is 2. The van der Waals surface area contributed by atoms with Crippen LogP contribution in [0, 0.1) is 6.92 Å². The van der Waals surface area contributed by atoms with E-state index in [0.29, 0.717) is 24.8 Å². The van der Waals surface area contributed by atoms with Gasteiger partial charge in [0, 0.05) is 29.6 Å². The molecule has 1 aromatic carbocycles. The lowest BCUT2D eigenvalue weighted by Gasteiger charge is -2.29. The number of aryl methyl sites for hydroxylation is 1. The number of rotatable bonds is 3. The molecule has 1 amide bonds. The van der Waals surface area contributed by atoms with Gasteiger partial charge in [-0.25, -0.2) is 0 Å². The van der Waals surface area contributed by atoms with Crippen LogP contribution in [-0.2, 0) is 4.79 Å². The number of hydrogen-bond donors (Lipinski definition) is 0. The summed E-state index contributed by atoms with van der Waals surface area (Å²) in [6.45, 7) is 3.24. The van der Waals surface area contributed by atoms with Crippen molar-refractivity contribution in [1.82, 2.24) is 15.0 Å². The molecule has 6 heteroatoms. The highest BCUT2D eigenvalue weighted by Crippen LogP contribution is 2.27. The largest absolute Gasteiger partial charge is 0.339 e. The number of carbonyl (C=O) groups is 1. The van der Waals surface area contributed by atoms with Crippen LogP contribution in [0.15, 0.2) is 39.3 Å². The Labute approximate surface area is 143 Å². The molecule has 0 unspecified atom stereocenters. The average molecular weight is 376 g/mol. The van der Waals surface area contributed by atoms with Crippen LogP contribution < -0.4 is 0 Å². The van der Waals surface area contributed by atoms with Crippen molar-refractivity contribution in [2.45, 2.75) is 25.7 Å². The second-order valence-electron chi connectivity index (χ2n) is 5.63. The molecule has 1 aliphatic heterocycles. The Kier molecular flexibility index (Phi) is 4.91. The highest BCUT2D eigenvalue weighted by molar-refractivity contribution is 9.10. The van der Waals surface area contributed by atoms with Gasteiger partial charge in [-0.15, -0.1) is 0 Å². The van der Waals surface area contributed by atoms with Gasteiger partial charge in [0.1, 0.15) is 0 Å². The van der Waals surface area contributed by atoms with Crippen molar-refractivity contribution in [3.8, 4) is 0 Å². The molecular weight excluding hydrogens is 358 g/mol. The first-order chi connectivity index (χ1) is 11.1. The van der Waals surface area contributed by atoms with E-state index in [-0.39, 0.29) is 11.8 Å². The van der Waals surface area contributed by atoms with Crippen LogP contribution in [0.1, 0.15) is 36.0 Å². The standard InChI is InChI=1S/C17H18BrN3O2/c1-12-19-17(23-20-12)14-8-10-21(11-9-14)16(22)7-6-13-4-2-3-5-15(13)18/h2-7,14H,8-11H2,1H3. The first kappa shape index (κ1) is 15.9. The quantitative estimate of drug-likeness (QED) is 0.769. The van der Waals surface area contributed by atoms with Gasteiger partial charge in [0.05, 0.1) is 0 Å². The minimum absolute atomic E-state index is 0.0425. The van der Waals surface area contributed by atoms with E-state index in [4.69, 9.17) is 4.52 Å². The van der Waals surface area contributed by atoms with Crippen LogP contribution in [-0.4, -0.2) is 34.0 Å². The highest BCUT2D eigenvalue weighted by atomic mass is 79.9. The molecule has 3 rings (SSSR count). The molecular formula is C17H18BrN3O2. The first-order valence-corrected chi connectivity index (χ1v) is 8.44. The maximum atomic E-state index is 12.3. The van der Waals surface area contributed by atoms with Crippen LogP contribution in [0.4, 0.5) is 0 Å². The van der Waals surface area contributed by atoms with E-state index in [1.165, 1.54) is 0 Å². The molecule has 23 heavy (non-hydrogen) atoms. The zero-order valence-corrected chi connectivity index (χ0v) is 14.5. The fraction of sp³-hybridized carbons (Fsp3) is 0.353. The van der Waals surface area contributed by atoms with E-state index in [1.807, 2.05) is 42.2 Å². The summed E-state index contributed by atoms with van der Waals surface area (Å²) in [6, 6.07) is 7.83. The molecule has 1 aliphatic rings. The monoisotopic (exact) mass is 375 g/mol. The van der Waals surface area contributed by atoms with E-state index in [9.17, 15) is 4.79 Å². The number of hydrogen-bond acceptors (Lipinski definition) is 4. The molecule has 0 atom stereocenters. The third kappa shape index (κ3) is 3.88. The number of piperidine rings is 1. The van der Waals surface area contributed by atoms with Gasteiger partial charge in [-0.1, -0.05) is 39.3 Å². The molecule has 1 aromatic heterocycles. The van der Waals surface area contributed by atoms with E-state index in [0.717, 1.165) is 22.9 Å². The fourth-order valence-electron chi connectivity index (χ4n) is 2.70. The molecule has 0 aliphatic carbocycles. The van der Waals surface area contributed by atoms with Gasteiger partial charge in [-0.05, 0) is 37.5 Å². The van der Waals surface area contributed by atoms with Gasteiger partial charge in [-0.3, -0.25) is 4.79 Å². The van der Waals surface area contributed by atoms with Crippen molar-refractivity contribution in [2.75, 3.05) is 13.1 Å². The summed E-state index contributed by atoms with van der Waals surface area (Å²) >= 11 is 3.48. The van der Waals surface area contributed by atoms with Crippen LogP contribution >= 0.6 is 15.9 Å². The Balaban J connectivity index is 1.57. The topological polar surface area (TPSA) is 59.2 Å². The van der Waals surface area contributed by atoms with Crippen LogP contribution in [0.25, 0.3) is 6.08 Å². The molecule has 0 saturated carbocycles. The minimum atomic E-state index is 0.0425. The van der Waals surface area contributed by atoms with Crippen molar-refractivity contribution in [2.24, 2.45) is 0 Å². The van der Waals surface area contributed by atoms with Crippen molar-refractivity contribution >= 4 is 27.9 Å². The van der Waals surface area contributed by atoms with E-state index < -0.39 is 0 Å². The summed E-state index contributed by atoms with van der Waals surface area (Å²) in [4.78, 5) is 18.5. The smallest absolute Gasteiger partial charge is 0.246 e. The molecule has 1 fully saturated rings. The van der Waals surface area contributed by atoms with Crippen molar-refractivity contribution in [1.29, 1.82) is 0 Å². The Morgan fingerprint density at radius 3 is 2.74 bits per heavy atom. The SMILES string of the molecule is Cc1noc(C2CCN(C(=O)C=Cc3ccccc3Br)CC2)n1. The predicted octanol–water partition coefficient (Wildman–Crippen LogP) is 3.56. The lowest BCUT2D eigenvalue weighted by atomic mass is 9.96. The Hall–Kier alpha value is -1.95. The van der Waals surface area contributed by atoms with Gasteiger partial charge in [-0.2, -0.15) is 4.98 Å². The van der Waals surface area contributed by atoms with Crippen molar-refractivity contribution in [3.05, 3.63) is 52.1 Å². The molecule has 0 N–H and O–H groups in total. The van der Waals surface area contributed by atoms with Crippen LogP contribution in [0.2, 0.25) is 0 Å². The second-order valence-corrected chi connectivity index (χ2v) is 6.49. The molecule has 2 heterocycles. The van der Waals surface area contributed by atoms with Crippen LogP contribution in [0.3, 0.4) is 0 Å². The van der Waals surface area contributed by atoms with Gasteiger partial charge in [0.15, 0.2) is 5.82 Å². The number of likely N-dealkylation sites (tertiary alicyclic amines) is 1.